The van der Waals surface area contributed by atoms with E-state index in [9.17, 15) is 30.8 Å². The lowest BCUT2D eigenvalue weighted by molar-refractivity contribution is -0.137. The molecule has 1 amide bonds. The second kappa shape index (κ2) is 8.73. The van der Waals surface area contributed by atoms with Gasteiger partial charge >= 0.3 is 6.18 Å². The SMILES string of the molecule is O=C(CCc1cccc(F)c1)N1CCN(S(=O)(=O)c2cccc(C(F)(F)F)c2)CC1. The number of hydrogen-bond acceptors (Lipinski definition) is 3. The number of halogens is 4. The first-order chi connectivity index (χ1) is 14.1. The Morgan fingerprint density at radius 2 is 1.63 bits per heavy atom. The van der Waals surface area contributed by atoms with Crippen LogP contribution in [0.3, 0.4) is 0 Å². The summed E-state index contributed by atoms with van der Waals surface area (Å²) in [6, 6.07) is 9.56. The van der Waals surface area contributed by atoms with E-state index < -0.39 is 26.7 Å². The minimum absolute atomic E-state index is 0.00964. The fraction of sp³-hybridized carbons (Fsp3) is 0.350. The number of carbonyl (C=O) groups excluding carboxylic acids is 1. The average Bonchev–Trinajstić information content (AvgIpc) is 2.71. The van der Waals surface area contributed by atoms with E-state index in [1.807, 2.05) is 0 Å². The molecule has 1 aliphatic heterocycles. The first-order valence-corrected chi connectivity index (χ1v) is 10.7. The molecule has 0 aliphatic carbocycles. The summed E-state index contributed by atoms with van der Waals surface area (Å²) in [5.41, 5.74) is -0.344. The standard InChI is InChI=1S/C20H20F4N2O3S/c21-17-5-1-3-15(13-17)7-8-19(27)25-9-11-26(12-10-25)30(28,29)18-6-2-4-16(14-18)20(22,23)24/h1-6,13-14H,7-12H2. The fourth-order valence-corrected chi connectivity index (χ4v) is 4.73. The first-order valence-electron chi connectivity index (χ1n) is 9.27. The zero-order valence-electron chi connectivity index (χ0n) is 15.9. The summed E-state index contributed by atoms with van der Waals surface area (Å²) >= 11 is 0. The number of piperazine rings is 1. The number of sulfonamides is 1. The summed E-state index contributed by atoms with van der Waals surface area (Å²) in [7, 11) is -4.10. The van der Waals surface area contributed by atoms with Crippen molar-refractivity contribution in [1.29, 1.82) is 0 Å². The second-order valence-corrected chi connectivity index (χ2v) is 8.88. The van der Waals surface area contributed by atoms with Crippen molar-refractivity contribution in [2.24, 2.45) is 0 Å². The van der Waals surface area contributed by atoms with Crippen LogP contribution in [0.2, 0.25) is 0 Å². The van der Waals surface area contributed by atoms with Gasteiger partial charge in [-0.3, -0.25) is 4.79 Å². The highest BCUT2D eigenvalue weighted by Crippen LogP contribution is 2.31. The van der Waals surface area contributed by atoms with E-state index in [4.69, 9.17) is 0 Å². The van der Waals surface area contributed by atoms with Crippen LogP contribution < -0.4 is 0 Å². The normalized spacial score (nSPS) is 15.9. The summed E-state index contributed by atoms with van der Waals surface area (Å²) in [6.07, 6.45) is -4.12. The molecule has 0 unspecified atom stereocenters. The molecule has 0 N–H and O–H groups in total. The maximum atomic E-state index is 13.2. The van der Waals surface area contributed by atoms with Crippen molar-refractivity contribution in [3.8, 4) is 0 Å². The Morgan fingerprint density at radius 3 is 2.27 bits per heavy atom. The zero-order valence-corrected chi connectivity index (χ0v) is 16.7. The Balaban J connectivity index is 1.60. The van der Waals surface area contributed by atoms with Gasteiger partial charge in [-0.05, 0) is 42.3 Å². The van der Waals surface area contributed by atoms with Crippen molar-refractivity contribution < 1.29 is 30.8 Å². The van der Waals surface area contributed by atoms with Crippen LogP contribution in [0, 0.1) is 5.82 Å². The molecule has 2 aromatic carbocycles. The summed E-state index contributed by atoms with van der Waals surface area (Å²) in [5.74, 6) is -0.566. The summed E-state index contributed by atoms with van der Waals surface area (Å²) in [5, 5.41) is 0. The molecular weight excluding hydrogens is 424 g/mol. The maximum Gasteiger partial charge on any atom is 0.416 e. The smallest absolute Gasteiger partial charge is 0.340 e. The van der Waals surface area contributed by atoms with Gasteiger partial charge < -0.3 is 4.90 Å². The molecular formula is C20H20F4N2O3S. The van der Waals surface area contributed by atoms with E-state index in [1.54, 1.807) is 12.1 Å². The van der Waals surface area contributed by atoms with E-state index in [1.165, 1.54) is 17.0 Å². The average molecular weight is 444 g/mol. The van der Waals surface area contributed by atoms with Gasteiger partial charge in [-0.25, -0.2) is 12.8 Å². The third-order valence-corrected chi connectivity index (χ3v) is 6.80. The molecule has 5 nitrogen and oxygen atoms in total. The van der Waals surface area contributed by atoms with Crippen molar-refractivity contribution in [2.45, 2.75) is 23.9 Å². The number of alkyl halides is 3. The molecule has 2 aromatic rings. The molecule has 1 heterocycles. The van der Waals surface area contributed by atoms with Crippen LogP contribution in [0.25, 0.3) is 0 Å². The van der Waals surface area contributed by atoms with Gasteiger partial charge in [0.2, 0.25) is 15.9 Å². The van der Waals surface area contributed by atoms with Crippen LogP contribution in [0.15, 0.2) is 53.4 Å². The highest BCUT2D eigenvalue weighted by Gasteiger charge is 2.34. The number of benzene rings is 2. The van der Waals surface area contributed by atoms with Gasteiger partial charge in [-0.2, -0.15) is 17.5 Å². The van der Waals surface area contributed by atoms with Crippen LogP contribution in [0.1, 0.15) is 17.5 Å². The van der Waals surface area contributed by atoms with Crippen LogP contribution in [-0.2, 0) is 27.4 Å². The van der Waals surface area contributed by atoms with E-state index in [0.29, 0.717) is 18.1 Å². The molecule has 0 spiro atoms. The van der Waals surface area contributed by atoms with Crippen LogP contribution in [0.5, 0.6) is 0 Å². The quantitative estimate of drug-likeness (QED) is 0.665. The van der Waals surface area contributed by atoms with Gasteiger partial charge in [0.05, 0.1) is 10.5 Å². The summed E-state index contributed by atoms with van der Waals surface area (Å²) < 4.78 is 78.4. The largest absolute Gasteiger partial charge is 0.416 e. The van der Waals surface area contributed by atoms with Gasteiger partial charge in [0.15, 0.2) is 0 Å². The molecule has 30 heavy (non-hydrogen) atoms. The lowest BCUT2D eigenvalue weighted by Crippen LogP contribution is -2.50. The molecule has 0 radical (unpaired) electrons. The molecule has 0 aromatic heterocycles. The third kappa shape index (κ3) is 5.17. The van der Waals surface area contributed by atoms with Crippen LogP contribution in [-0.4, -0.2) is 49.7 Å². The van der Waals surface area contributed by atoms with E-state index >= 15 is 0 Å². The van der Waals surface area contributed by atoms with Gasteiger partial charge in [0, 0.05) is 32.6 Å². The van der Waals surface area contributed by atoms with Crippen LogP contribution >= 0.6 is 0 Å². The predicted molar refractivity (Wildman–Crippen MR) is 102 cm³/mol. The highest BCUT2D eigenvalue weighted by atomic mass is 32.2. The van der Waals surface area contributed by atoms with Gasteiger partial charge in [-0.1, -0.05) is 18.2 Å². The van der Waals surface area contributed by atoms with Crippen molar-refractivity contribution >= 4 is 15.9 Å². The zero-order chi connectivity index (χ0) is 21.9. The molecule has 0 bridgehead atoms. The van der Waals surface area contributed by atoms with Crippen molar-refractivity contribution in [3.63, 3.8) is 0 Å². The lowest BCUT2D eigenvalue weighted by Gasteiger charge is -2.34. The van der Waals surface area contributed by atoms with E-state index in [-0.39, 0.29) is 44.3 Å². The number of rotatable bonds is 5. The molecule has 162 valence electrons. The van der Waals surface area contributed by atoms with Crippen LogP contribution in [0.4, 0.5) is 17.6 Å². The molecule has 1 fully saturated rings. The minimum atomic E-state index is -4.64. The minimum Gasteiger partial charge on any atom is -0.340 e. The molecule has 0 atom stereocenters. The number of hydrogen-bond donors (Lipinski definition) is 0. The summed E-state index contributed by atoms with van der Waals surface area (Å²) in [6.45, 7) is 0.259. The topological polar surface area (TPSA) is 57.7 Å². The molecule has 0 saturated carbocycles. The molecule has 10 heteroatoms. The molecule has 1 aliphatic rings. The highest BCUT2D eigenvalue weighted by molar-refractivity contribution is 7.89. The second-order valence-electron chi connectivity index (χ2n) is 6.94. The van der Waals surface area contributed by atoms with Crippen molar-refractivity contribution in [2.75, 3.05) is 26.2 Å². The van der Waals surface area contributed by atoms with E-state index in [2.05, 4.69) is 0 Å². The first kappa shape index (κ1) is 22.2. The van der Waals surface area contributed by atoms with Gasteiger partial charge in [0.25, 0.3) is 0 Å². The Kier molecular flexibility index (Phi) is 6.47. The number of nitrogens with zero attached hydrogens (tertiary/aromatic N) is 2. The number of amides is 1. The number of carbonyl (C=O) groups is 1. The predicted octanol–water partition coefficient (Wildman–Crippen LogP) is 3.31. The Bertz CT molecular complexity index is 1020. The lowest BCUT2D eigenvalue weighted by atomic mass is 10.1. The monoisotopic (exact) mass is 444 g/mol. The fourth-order valence-electron chi connectivity index (χ4n) is 3.26. The molecule has 1 saturated heterocycles. The van der Waals surface area contributed by atoms with Gasteiger partial charge in [-0.15, -0.1) is 0 Å². The van der Waals surface area contributed by atoms with E-state index in [0.717, 1.165) is 22.5 Å². The third-order valence-electron chi connectivity index (χ3n) is 4.91. The van der Waals surface area contributed by atoms with Crippen molar-refractivity contribution in [3.05, 3.63) is 65.5 Å². The van der Waals surface area contributed by atoms with Crippen molar-refractivity contribution in [1.82, 2.24) is 9.21 Å². The Hall–Kier alpha value is -2.46. The van der Waals surface area contributed by atoms with Gasteiger partial charge in [0.1, 0.15) is 5.82 Å². The molecule has 3 rings (SSSR count). The Labute approximate surface area is 172 Å². The number of aryl methyl sites for hydroxylation is 1. The summed E-state index contributed by atoms with van der Waals surface area (Å²) in [4.78, 5) is 13.5. The maximum absolute atomic E-state index is 13.2. The Morgan fingerprint density at radius 1 is 0.967 bits per heavy atom.